The highest BCUT2D eigenvalue weighted by Gasteiger charge is 2.14. The quantitative estimate of drug-likeness (QED) is 0.889. The third-order valence-corrected chi connectivity index (χ3v) is 4.53. The molecule has 0 spiro atoms. The lowest BCUT2D eigenvalue weighted by atomic mass is 10.1. The lowest BCUT2D eigenvalue weighted by Gasteiger charge is -2.27. The maximum Gasteiger partial charge on any atom is 0.233 e. The van der Waals surface area contributed by atoms with Gasteiger partial charge in [0.15, 0.2) is 11.6 Å². The Balaban J connectivity index is 2.02. The Morgan fingerprint density at radius 2 is 1.95 bits per heavy atom. The Morgan fingerprint density at radius 3 is 2.53 bits per heavy atom. The van der Waals surface area contributed by atoms with Crippen molar-refractivity contribution in [3.8, 4) is 0 Å². The van der Waals surface area contributed by atoms with E-state index in [2.05, 4.69) is 19.8 Å². The van der Waals surface area contributed by atoms with E-state index in [1.54, 1.807) is 6.07 Å². The van der Waals surface area contributed by atoms with Crippen molar-refractivity contribution in [2.75, 3.05) is 28.5 Å². The van der Waals surface area contributed by atoms with Gasteiger partial charge in [-0.3, -0.25) is 4.72 Å². The number of sulfonamides is 1. The molecule has 0 saturated carbocycles. The Labute approximate surface area is 114 Å². The summed E-state index contributed by atoms with van der Waals surface area (Å²) >= 11 is 0. The van der Waals surface area contributed by atoms with E-state index < -0.39 is 10.0 Å². The van der Waals surface area contributed by atoms with Crippen LogP contribution in [0.4, 0.5) is 11.6 Å². The van der Waals surface area contributed by atoms with Crippen molar-refractivity contribution in [2.45, 2.75) is 32.6 Å². The molecule has 1 fully saturated rings. The van der Waals surface area contributed by atoms with E-state index in [1.807, 2.05) is 13.0 Å². The van der Waals surface area contributed by atoms with Crippen molar-refractivity contribution in [2.24, 2.45) is 0 Å². The van der Waals surface area contributed by atoms with Gasteiger partial charge in [-0.15, -0.1) is 10.2 Å². The Hall–Kier alpha value is -1.37. The first-order chi connectivity index (χ1) is 9.11. The van der Waals surface area contributed by atoms with Gasteiger partial charge in [0.25, 0.3) is 0 Å². The molecular formula is C12H20N4O2S. The normalized spacial score (nSPS) is 16.4. The van der Waals surface area contributed by atoms with E-state index in [0.29, 0.717) is 6.42 Å². The number of nitrogens with one attached hydrogen (secondary N) is 1. The fourth-order valence-electron chi connectivity index (χ4n) is 2.15. The zero-order valence-corrected chi connectivity index (χ0v) is 12.0. The fraction of sp³-hybridized carbons (Fsp3) is 0.667. The molecule has 1 N–H and O–H groups in total. The van der Waals surface area contributed by atoms with Gasteiger partial charge < -0.3 is 4.90 Å². The van der Waals surface area contributed by atoms with E-state index in [4.69, 9.17) is 0 Å². The summed E-state index contributed by atoms with van der Waals surface area (Å²) in [6.45, 7) is 3.82. The summed E-state index contributed by atoms with van der Waals surface area (Å²) in [7, 11) is -3.29. The molecule has 7 heteroatoms. The Morgan fingerprint density at radius 1 is 1.21 bits per heavy atom. The molecule has 6 nitrogen and oxygen atoms in total. The van der Waals surface area contributed by atoms with Gasteiger partial charge in [-0.1, -0.05) is 6.92 Å². The summed E-state index contributed by atoms with van der Waals surface area (Å²) in [6.07, 6.45) is 4.19. The van der Waals surface area contributed by atoms with Crippen LogP contribution in [0.25, 0.3) is 0 Å². The lowest BCUT2D eigenvalue weighted by molar-refractivity contribution is 0.571. The number of nitrogens with zero attached hydrogens (tertiary/aromatic N) is 3. The minimum absolute atomic E-state index is 0.0998. The largest absolute Gasteiger partial charge is 0.355 e. The molecule has 0 bridgehead atoms. The minimum atomic E-state index is -3.29. The number of rotatable bonds is 5. The van der Waals surface area contributed by atoms with Gasteiger partial charge in [0.2, 0.25) is 10.0 Å². The molecule has 1 saturated heterocycles. The number of hydrogen-bond acceptors (Lipinski definition) is 5. The molecule has 19 heavy (non-hydrogen) atoms. The van der Waals surface area contributed by atoms with Crippen LogP contribution in [0.15, 0.2) is 12.1 Å². The van der Waals surface area contributed by atoms with E-state index >= 15 is 0 Å². The van der Waals surface area contributed by atoms with Crippen molar-refractivity contribution in [1.29, 1.82) is 0 Å². The Bertz CT molecular complexity index is 495. The molecule has 0 aliphatic carbocycles. The monoisotopic (exact) mass is 284 g/mol. The maximum atomic E-state index is 11.6. The summed E-state index contributed by atoms with van der Waals surface area (Å²) < 4.78 is 25.6. The van der Waals surface area contributed by atoms with E-state index in [1.165, 1.54) is 19.3 Å². The molecule has 0 amide bonds. The number of anilines is 2. The predicted octanol–water partition coefficient (Wildman–Crippen LogP) is 1.62. The summed E-state index contributed by atoms with van der Waals surface area (Å²) in [4.78, 5) is 2.18. The van der Waals surface area contributed by atoms with Gasteiger partial charge in [0.05, 0.1) is 5.75 Å². The van der Waals surface area contributed by atoms with E-state index in [-0.39, 0.29) is 11.6 Å². The molecule has 1 aromatic rings. The molecule has 0 unspecified atom stereocenters. The fourth-order valence-corrected chi connectivity index (χ4v) is 3.22. The summed E-state index contributed by atoms with van der Waals surface area (Å²) in [6, 6.07) is 3.49. The molecule has 2 rings (SSSR count). The molecule has 1 aliphatic rings. The zero-order chi connectivity index (χ0) is 13.7. The highest BCUT2D eigenvalue weighted by Crippen LogP contribution is 2.17. The van der Waals surface area contributed by atoms with Gasteiger partial charge >= 0.3 is 0 Å². The second-order valence-corrected chi connectivity index (χ2v) is 6.59. The van der Waals surface area contributed by atoms with E-state index in [9.17, 15) is 8.42 Å². The first-order valence-corrected chi connectivity index (χ1v) is 8.35. The number of piperidine rings is 1. The Kier molecular flexibility index (Phi) is 4.57. The van der Waals surface area contributed by atoms with Gasteiger partial charge in [0, 0.05) is 13.1 Å². The minimum Gasteiger partial charge on any atom is -0.355 e. The SMILES string of the molecule is CCCS(=O)(=O)Nc1ccc(N2CCCCC2)nn1. The second-order valence-electron chi connectivity index (χ2n) is 4.75. The molecular weight excluding hydrogens is 264 g/mol. The molecule has 2 heterocycles. The average Bonchev–Trinajstić information content (AvgIpc) is 2.40. The van der Waals surface area contributed by atoms with E-state index in [0.717, 1.165) is 18.9 Å². The number of hydrogen-bond donors (Lipinski definition) is 1. The van der Waals surface area contributed by atoms with Gasteiger partial charge in [0.1, 0.15) is 0 Å². The van der Waals surface area contributed by atoms with Gasteiger partial charge in [-0.25, -0.2) is 8.42 Å². The smallest absolute Gasteiger partial charge is 0.233 e. The summed E-state index contributed by atoms with van der Waals surface area (Å²) in [5.74, 6) is 1.20. The maximum absolute atomic E-state index is 11.6. The molecule has 1 aromatic heterocycles. The molecule has 0 radical (unpaired) electrons. The first kappa shape index (κ1) is 14.0. The van der Waals surface area contributed by atoms with Crippen LogP contribution in [0.3, 0.4) is 0 Å². The standard InChI is InChI=1S/C12H20N4O2S/c1-2-10-19(17,18)15-11-6-7-12(14-13-11)16-8-4-3-5-9-16/h6-7H,2-5,8-10H2,1H3,(H,13,15). The molecule has 0 atom stereocenters. The van der Waals surface area contributed by atoms with Crippen LogP contribution >= 0.6 is 0 Å². The molecule has 0 aromatic carbocycles. The van der Waals surface area contributed by atoms with Crippen LogP contribution in [0.1, 0.15) is 32.6 Å². The van der Waals surface area contributed by atoms with Crippen LogP contribution < -0.4 is 9.62 Å². The highest BCUT2D eigenvalue weighted by molar-refractivity contribution is 7.92. The van der Waals surface area contributed by atoms with Crippen molar-refractivity contribution in [3.63, 3.8) is 0 Å². The third kappa shape index (κ3) is 4.05. The predicted molar refractivity (Wildman–Crippen MR) is 75.8 cm³/mol. The zero-order valence-electron chi connectivity index (χ0n) is 11.2. The molecule has 106 valence electrons. The van der Waals surface area contributed by atoms with Crippen LogP contribution in [0, 0.1) is 0 Å². The van der Waals surface area contributed by atoms with Crippen LogP contribution in [0.2, 0.25) is 0 Å². The first-order valence-electron chi connectivity index (χ1n) is 6.70. The number of aromatic nitrogens is 2. The second kappa shape index (κ2) is 6.18. The van der Waals surface area contributed by atoms with Gasteiger partial charge in [-0.2, -0.15) is 0 Å². The van der Waals surface area contributed by atoms with Crippen molar-refractivity contribution >= 4 is 21.7 Å². The highest BCUT2D eigenvalue weighted by atomic mass is 32.2. The molecule has 1 aliphatic heterocycles. The summed E-state index contributed by atoms with van der Waals surface area (Å²) in [5.41, 5.74) is 0. The van der Waals surface area contributed by atoms with Crippen molar-refractivity contribution in [1.82, 2.24) is 10.2 Å². The van der Waals surface area contributed by atoms with Crippen molar-refractivity contribution in [3.05, 3.63) is 12.1 Å². The average molecular weight is 284 g/mol. The lowest BCUT2D eigenvalue weighted by Crippen LogP contribution is -2.30. The van der Waals surface area contributed by atoms with Crippen LogP contribution in [0.5, 0.6) is 0 Å². The third-order valence-electron chi connectivity index (χ3n) is 3.06. The van der Waals surface area contributed by atoms with Gasteiger partial charge in [-0.05, 0) is 37.8 Å². The topological polar surface area (TPSA) is 75.2 Å². The van der Waals surface area contributed by atoms with Crippen LogP contribution in [-0.2, 0) is 10.0 Å². The van der Waals surface area contributed by atoms with Crippen LogP contribution in [-0.4, -0.2) is 37.5 Å². The van der Waals surface area contributed by atoms with Crippen molar-refractivity contribution < 1.29 is 8.42 Å². The summed E-state index contributed by atoms with van der Waals surface area (Å²) in [5, 5.41) is 8.04.